The predicted molar refractivity (Wildman–Crippen MR) is 114 cm³/mol. The highest BCUT2D eigenvalue weighted by molar-refractivity contribution is 7.03. The molecule has 9 heteroatoms. The van der Waals surface area contributed by atoms with Gasteiger partial charge in [0.1, 0.15) is 17.0 Å². The molecule has 0 bridgehead atoms. The topological polar surface area (TPSA) is 100.0 Å². The number of hydrogen-bond donors (Lipinski definition) is 2. The zero-order valence-electron chi connectivity index (χ0n) is 17.0. The van der Waals surface area contributed by atoms with Gasteiger partial charge in [0.05, 0.1) is 6.20 Å². The number of nitrogens with one attached hydrogen (secondary N) is 1. The summed E-state index contributed by atoms with van der Waals surface area (Å²) in [6.45, 7) is 10.5. The minimum atomic E-state index is 0.102. The van der Waals surface area contributed by atoms with E-state index in [9.17, 15) is 5.11 Å². The largest absolute Gasteiger partial charge is 0.507 e. The van der Waals surface area contributed by atoms with Crippen LogP contribution in [0.1, 0.15) is 27.7 Å². The summed E-state index contributed by atoms with van der Waals surface area (Å²) in [5.74, 6) is 1.31. The van der Waals surface area contributed by atoms with Gasteiger partial charge in [0.25, 0.3) is 0 Å². The van der Waals surface area contributed by atoms with Crippen LogP contribution in [0.25, 0.3) is 22.6 Å². The van der Waals surface area contributed by atoms with Gasteiger partial charge in [0.2, 0.25) is 5.95 Å². The van der Waals surface area contributed by atoms with Crippen molar-refractivity contribution in [3.05, 3.63) is 29.9 Å². The molecule has 1 fully saturated rings. The Balaban J connectivity index is 1.55. The van der Waals surface area contributed by atoms with E-state index in [1.165, 1.54) is 11.5 Å². The van der Waals surface area contributed by atoms with E-state index in [-0.39, 0.29) is 11.2 Å². The van der Waals surface area contributed by atoms with E-state index < -0.39 is 0 Å². The first-order valence-electron chi connectivity index (χ1n) is 9.62. The number of rotatable bonds is 3. The van der Waals surface area contributed by atoms with Gasteiger partial charge in [0, 0.05) is 36.3 Å². The highest BCUT2D eigenvalue weighted by atomic mass is 32.1. The Morgan fingerprint density at radius 2 is 2.00 bits per heavy atom. The number of aromatic nitrogens is 5. The van der Waals surface area contributed by atoms with Crippen molar-refractivity contribution in [1.29, 1.82) is 0 Å². The number of hydrogen-bond acceptors (Lipinski definition) is 9. The number of aromatic hydroxyl groups is 1. The third kappa shape index (κ3) is 4.20. The summed E-state index contributed by atoms with van der Waals surface area (Å²) in [5.41, 5.74) is 3.67. The average molecular weight is 412 g/mol. The molecule has 1 aliphatic rings. The monoisotopic (exact) mass is 411 g/mol. The second-order valence-electron chi connectivity index (χ2n) is 8.52. The van der Waals surface area contributed by atoms with Crippen LogP contribution in [-0.4, -0.2) is 54.8 Å². The fourth-order valence-electron chi connectivity index (χ4n) is 3.48. The highest BCUT2D eigenvalue weighted by Crippen LogP contribution is 2.31. The van der Waals surface area contributed by atoms with Crippen LogP contribution in [0.5, 0.6) is 5.75 Å². The van der Waals surface area contributed by atoms with Crippen LogP contribution in [-0.2, 0) is 0 Å². The Labute approximate surface area is 174 Å². The van der Waals surface area contributed by atoms with Crippen molar-refractivity contribution in [3.63, 3.8) is 0 Å². The van der Waals surface area contributed by atoms with E-state index in [0.717, 1.165) is 18.7 Å². The van der Waals surface area contributed by atoms with Gasteiger partial charge in [-0.05, 0) is 36.0 Å². The van der Waals surface area contributed by atoms with Crippen LogP contribution < -0.4 is 10.2 Å². The second kappa shape index (κ2) is 7.64. The number of benzene rings is 1. The third-order valence-corrected chi connectivity index (χ3v) is 5.63. The lowest BCUT2D eigenvalue weighted by molar-refractivity contribution is 0.227. The lowest BCUT2D eigenvalue weighted by atomic mass is 9.84. The van der Waals surface area contributed by atoms with Gasteiger partial charge in [0.15, 0.2) is 5.82 Å². The predicted octanol–water partition coefficient (Wildman–Crippen LogP) is 2.98. The summed E-state index contributed by atoms with van der Waals surface area (Å²) in [4.78, 5) is 10.9. The summed E-state index contributed by atoms with van der Waals surface area (Å²) in [6, 6.07) is 5.97. The molecule has 2 atom stereocenters. The van der Waals surface area contributed by atoms with E-state index in [4.69, 9.17) is 0 Å². The summed E-state index contributed by atoms with van der Waals surface area (Å²) in [6.07, 6.45) is 1.66. The van der Waals surface area contributed by atoms with Gasteiger partial charge in [-0.2, -0.15) is 4.37 Å². The maximum absolute atomic E-state index is 10.5. The molecule has 0 saturated carbocycles. The molecule has 3 aromatic rings. The second-order valence-corrected chi connectivity index (χ2v) is 9.13. The molecule has 29 heavy (non-hydrogen) atoms. The van der Waals surface area contributed by atoms with Crippen molar-refractivity contribution < 1.29 is 5.11 Å². The third-order valence-electron chi connectivity index (χ3n) is 5.15. The molecule has 1 aromatic carbocycles. The zero-order chi connectivity index (χ0) is 20.6. The van der Waals surface area contributed by atoms with Crippen molar-refractivity contribution in [2.24, 2.45) is 5.41 Å². The molecular formula is C20H25N7OS. The molecule has 8 nitrogen and oxygen atoms in total. The Morgan fingerprint density at radius 1 is 1.17 bits per heavy atom. The van der Waals surface area contributed by atoms with Crippen molar-refractivity contribution in [2.75, 3.05) is 18.0 Å². The highest BCUT2D eigenvalue weighted by Gasteiger charge is 2.33. The minimum absolute atomic E-state index is 0.102. The maximum Gasteiger partial charge on any atom is 0.245 e. The van der Waals surface area contributed by atoms with Crippen molar-refractivity contribution >= 4 is 17.5 Å². The normalized spacial score (nSPS) is 20.1. The van der Waals surface area contributed by atoms with Crippen LogP contribution >= 0.6 is 11.5 Å². The van der Waals surface area contributed by atoms with E-state index in [2.05, 4.69) is 62.5 Å². The van der Waals surface area contributed by atoms with Gasteiger partial charge in [-0.15, -0.1) is 10.2 Å². The fraction of sp³-hybridized carbons (Fsp3) is 0.450. The van der Waals surface area contributed by atoms with Gasteiger partial charge in [-0.3, -0.25) is 0 Å². The minimum Gasteiger partial charge on any atom is -0.507 e. The average Bonchev–Trinajstić information content (AvgIpc) is 3.22. The lowest BCUT2D eigenvalue weighted by Crippen LogP contribution is -2.60. The summed E-state index contributed by atoms with van der Waals surface area (Å²) >= 11 is 1.27. The molecule has 1 aliphatic heterocycles. The van der Waals surface area contributed by atoms with Crippen molar-refractivity contribution in [1.82, 2.24) is 29.9 Å². The Hall–Kier alpha value is -2.65. The smallest absolute Gasteiger partial charge is 0.245 e. The molecule has 3 heterocycles. The van der Waals surface area contributed by atoms with E-state index in [1.807, 2.05) is 6.07 Å². The van der Waals surface area contributed by atoms with E-state index in [0.29, 0.717) is 35.1 Å². The number of phenols is 1. The summed E-state index contributed by atoms with van der Waals surface area (Å²) < 4.78 is 4.19. The SMILES string of the molecule is C[C@@H]1CN(c2ncc(-c3ccc(-c4ncsn4)cc3O)nn2)CC(C(C)(C)C)N1. The summed E-state index contributed by atoms with van der Waals surface area (Å²) in [7, 11) is 0. The van der Waals surface area contributed by atoms with Crippen molar-refractivity contribution in [3.8, 4) is 28.4 Å². The van der Waals surface area contributed by atoms with E-state index >= 15 is 0 Å². The summed E-state index contributed by atoms with van der Waals surface area (Å²) in [5, 5.41) is 22.8. The van der Waals surface area contributed by atoms with Crippen LogP contribution in [0.4, 0.5) is 5.95 Å². The van der Waals surface area contributed by atoms with Gasteiger partial charge < -0.3 is 15.3 Å². The first-order chi connectivity index (χ1) is 13.8. The van der Waals surface area contributed by atoms with Crippen LogP contribution in [0.2, 0.25) is 0 Å². The molecular weight excluding hydrogens is 386 g/mol. The molecule has 2 aromatic heterocycles. The standard InChI is InChI=1S/C20H25N7OS/c1-12-9-27(10-17(23-12)20(2,3)4)19-21-8-15(24-25-19)14-6-5-13(7-16(14)28)18-22-11-29-26-18/h5-8,11-12,17,23,28H,9-10H2,1-4H3/t12-,17?/m1/s1. The quantitative estimate of drug-likeness (QED) is 0.678. The molecule has 152 valence electrons. The molecule has 0 radical (unpaired) electrons. The Bertz CT molecular complexity index is 969. The lowest BCUT2D eigenvalue weighted by Gasteiger charge is -2.43. The molecule has 2 N–H and O–H groups in total. The Kier molecular flexibility index (Phi) is 5.18. The molecule has 1 saturated heterocycles. The van der Waals surface area contributed by atoms with Crippen LogP contribution in [0, 0.1) is 5.41 Å². The van der Waals surface area contributed by atoms with Crippen molar-refractivity contribution in [2.45, 2.75) is 39.8 Å². The molecule has 0 spiro atoms. The zero-order valence-corrected chi connectivity index (χ0v) is 17.8. The first-order valence-corrected chi connectivity index (χ1v) is 10.5. The van der Waals surface area contributed by atoms with Crippen LogP contribution in [0.15, 0.2) is 29.9 Å². The van der Waals surface area contributed by atoms with Gasteiger partial charge in [-0.1, -0.05) is 26.8 Å². The Morgan fingerprint density at radius 3 is 2.62 bits per heavy atom. The molecule has 0 amide bonds. The van der Waals surface area contributed by atoms with Crippen LogP contribution in [0.3, 0.4) is 0 Å². The molecule has 4 rings (SSSR count). The van der Waals surface area contributed by atoms with E-state index in [1.54, 1.807) is 23.8 Å². The number of nitrogens with zero attached hydrogens (tertiary/aromatic N) is 6. The first kappa shape index (κ1) is 19.7. The maximum atomic E-state index is 10.5. The molecule has 1 unspecified atom stereocenters. The van der Waals surface area contributed by atoms with Gasteiger partial charge in [-0.25, -0.2) is 9.97 Å². The molecule has 0 aliphatic carbocycles. The number of phenolic OH excluding ortho intramolecular Hbond substituents is 1. The number of anilines is 1. The number of piperazine rings is 1. The van der Waals surface area contributed by atoms with Gasteiger partial charge >= 0.3 is 0 Å². The fourth-order valence-corrected chi connectivity index (χ4v) is 3.93.